The zero-order chi connectivity index (χ0) is 12.6. The largest absolute Gasteiger partial charge is 0.506 e. The Labute approximate surface area is 101 Å². The van der Waals surface area contributed by atoms with Gasteiger partial charge in [-0.15, -0.1) is 0 Å². The van der Waals surface area contributed by atoms with Gasteiger partial charge in [0.15, 0.2) is 0 Å². The van der Waals surface area contributed by atoms with Crippen molar-refractivity contribution in [1.82, 2.24) is 5.32 Å². The van der Waals surface area contributed by atoms with Gasteiger partial charge in [-0.05, 0) is 50.8 Å². The Morgan fingerprint density at radius 1 is 1.47 bits per heavy atom. The number of anilines is 1. The first-order valence-electron chi connectivity index (χ1n) is 5.81. The van der Waals surface area contributed by atoms with Gasteiger partial charge in [0.1, 0.15) is 5.75 Å². The summed E-state index contributed by atoms with van der Waals surface area (Å²) >= 11 is 0. The summed E-state index contributed by atoms with van der Waals surface area (Å²) in [5, 5.41) is 12.5. The molecule has 0 radical (unpaired) electrons. The van der Waals surface area contributed by atoms with Crippen molar-refractivity contribution < 1.29 is 9.90 Å². The van der Waals surface area contributed by atoms with E-state index in [0.29, 0.717) is 11.5 Å². The number of phenolic OH excluding ortho intramolecular Hbond substituents is 1. The third-order valence-electron chi connectivity index (χ3n) is 3.33. The van der Waals surface area contributed by atoms with Gasteiger partial charge in [-0.1, -0.05) is 0 Å². The molecule has 4 heteroatoms. The number of hydrogen-bond acceptors (Lipinski definition) is 3. The van der Waals surface area contributed by atoms with Crippen molar-refractivity contribution in [2.75, 3.05) is 5.73 Å². The molecule has 92 valence electrons. The molecule has 0 heterocycles. The normalized spacial score (nSPS) is 15.6. The average Bonchev–Trinajstić information content (AvgIpc) is 3.04. The maximum Gasteiger partial charge on any atom is 0.251 e. The molecule has 1 fully saturated rings. The summed E-state index contributed by atoms with van der Waals surface area (Å²) in [5.74, 6) is 0.341. The standard InChI is InChI=1S/C13H18N2O2/c1-13(2,9-4-5-9)15-12(17)8-3-6-10(14)11(16)7-8/h3,6-7,9,16H,4-5,14H2,1-2H3,(H,15,17). The van der Waals surface area contributed by atoms with Crippen LogP contribution >= 0.6 is 0 Å². The maximum atomic E-state index is 12.0. The summed E-state index contributed by atoms with van der Waals surface area (Å²) in [4.78, 5) is 12.0. The summed E-state index contributed by atoms with van der Waals surface area (Å²) in [6.45, 7) is 4.06. The van der Waals surface area contributed by atoms with Gasteiger partial charge in [-0.25, -0.2) is 0 Å². The first-order chi connectivity index (χ1) is 7.90. The zero-order valence-electron chi connectivity index (χ0n) is 10.2. The molecule has 0 saturated heterocycles. The van der Waals surface area contributed by atoms with Crippen LogP contribution in [0.5, 0.6) is 5.75 Å². The molecule has 0 spiro atoms. The first-order valence-corrected chi connectivity index (χ1v) is 5.81. The number of benzene rings is 1. The van der Waals surface area contributed by atoms with Crippen molar-refractivity contribution in [2.45, 2.75) is 32.2 Å². The second kappa shape index (κ2) is 3.95. The molecule has 1 aromatic rings. The second-order valence-corrected chi connectivity index (χ2v) is 5.22. The Hall–Kier alpha value is -1.71. The first kappa shape index (κ1) is 11.8. The monoisotopic (exact) mass is 234 g/mol. The van der Waals surface area contributed by atoms with Crippen molar-refractivity contribution in [2.24, 2.45) is 5.92 Å². The second-order valence-electron chi connectivity index (χ2n) is 5.22. The van der Waals surface area contributed by atoms with Crippen LogP contribution < -0.4 is 11.1 Å². The number of aromatic hydroxyl groups is 1. The van der Waals surface area contributed by atoms with Gasteiger partial charge in [-0.2, -0.15) is 0 Å². The number of rotatable bonds is 3. The summed E-state index contributed by atoms with van der Waals surface area (Å²) in [5.41, 5.74) is 6.02. The summed E-state index contributed by atoms with van der Waals surface area (Å²) in [6, 6.07) is 4.55. The molecular formula is C13H18N2O2. The Kier molecular flexibility index (Phi) is 2.73. The Morgan fingerprint density at radius 2 is 2.12 bits per heavy atom. The number of phenols is 1. The van der Waals surface area contributed by atoms with E-state index >= 15 is 0 Å². The van der Waals surface area contributed by atoms with Crippen LogP contribution in [-0.2, 0) is 0 Å². The molecule has 4 N–H and O–H groups in total. The van der Waals surface area contributed by atoms with E-state index in [2.05, 4.69) is 5.32 Å². The van der Waals surface area contributed by atoms with Gasteiger partial charge < -0.3 is 16.2 Å². The van der Waals surface area contributed by atoms with Gasteiger partial charge >= 0.3 is 0 Å². The SMILES string of the molecule is CC(C)(NC(=O)c1ccc(N)c(O)c1)C1CC1. The van der Waals surface area contributed by atoms with Crippen LogP contribution in [0.1, 0.15) is 37.0 Å². The highest BCUT2D eigenvalue weighted by Gasteiger charge is 2.38. The molecule has 1 aliphatic rings. The van der Waals surface area contributed by atoms with Gasteiger partial charge in [0.05, 0.1) is 5.69 Å². The number of carbonyl (C=O) groups excluding carboxylic acids is 1. The summed E-state index contributed by atoms with van der Waals surface area (Å²) in [7, 11) is 0. The minimum Gasteiger partial charge on any atom is -0.506 e. The van der Waals surface area contributed by atoms with Crippen LogP contribution in [-0.4, -0.2) is 16.6 Å². The van der Waals surface area contributed by atoms with Crippen LogP contribution in [0.2, 0.25) is 0 Å². The molecule has 0 atom stereocenters. The van der Waals surface area contributed by atoms with E-state index in [-0.39, 0.29) is 22.9 Å². The van der Waals surface area contributed by atoms with E-state index in [1.165, 1.54) is 25.0 Å². The van der Waals surface area contributed by atoms with Crippen LogP contribution in [0.3, 0.4) is 0 Å². The molecule has 1 amide bonds. The fourth-order valence-corrected chi connectivity index (χ4v) is 1.96. The highest BCUT2D eigenvalue weighted by atomic mass is 16.3. The van der Waals surface area contributed by atoms with Gasteiger partial charge in [0.25, 0.3) is 5.91 Å². The van der Waals surface area contributed by atoms with Crippen molar-refractivity contribution >= 4 is 11.6 Å². The Bertz CT molecular complexity index is 451. The number of nitrogen functional groups attached to an aromatic ring is 1. The van der Waals surface area contributed by atoms with E-state index in [0.717, 1.165) is 0 Å². The van der Waals surface area contributed by atoms with Gasteiger partial charge in [0.2, 0.25) is 0 Å². The highest BCUT2D eigenvalue weighted by molar-refractivity contribution is 5.95. The van der Waals surface area contributed by atoms with Gasteiger partial charge in [-0.3, -0.25) is 4.79 Å². The topological polar surface area (TPSA) is 75.4 Å². The number of amides is 1. The van der Waals surface area contributed by atoms with Crippen molar-refractivity contribution in [3.8, 4) is 5.75 Å². The maximum absolute atomic E-state index is 12.0. The van der Waals surface area contributed by atoms with Crippen LogP contribution in [0.4, 0.5) is 5.69 Å². The Morgan fingerprint density at radius 3 is 2.65 bits per heavy atom. The Balaban J connectivity index is 2.11. The van der Waals surface area contributed by atoms with E-state index in [1.807, 2.05) is 13.8 Å². The smallest absolute Gasteiger partial charge is 0.251 e. The molecule has 0 unspecified atom stereocenters. The van der Waals surface area contributed by atoms with Crippen molar-refractivity contribution in [3.63, 3.8) is 0 Å². The number of nitrogens with one attached hydrogen (secondary N) is 1. The molecule has 1 aliphatic carbocycles. The molecular weight excluding hydrogens is 216 g/mol. The van der Waals surface area contributed by atoms with Gasteiger partial charge in [0, 0.05) is 11.1 Å². The molecule has 1 aromatic carbocycles. The minimum atomic E-state index is -0.186. The van der Waals surface area contributed by atoms with Crippen molar-refractivity contribution in [3.05, 3.63) is 23.8 Å². The lowest BCUT2D eigenvalue weighted by molar-refractivity contribution is 0.0903. The van der Waals surface area contributed by atoms with Crippen molar-refractivity contribution in [1.29, 1.82) is 0 Å². The van der Waals surface area contributed by atoms with Crippen LogP contribution in [0, 0.1) is 5.92 Å². The fraction of sp³-hybridized carbons (Fsp3) is 0.462. The average molecular weight is 234 g/mol. The number of carbonyl (C=O) groups is 1. The molecule has 2 rings (SSSR count). The molecule has 17 heavy (non-hydrogen) atoms. The predicted molar refractivity (Wildman–Crippen MR) is 66.8 cm³/mol. The van der Waals surface area contributed by atoms with E-state index < -0.39 is 0 Å². The number of nitrogens with two attached hydrogens (primary N) is 1. The van der Waals surface area contributed by atoms with E-state index in [1.54, 1.807) is 6.07 Å². The zero-order valence-corrected chi connectivity index (χ0v) is 10.2. The lowest BCUT2D eigenvalue weighted by atomic mass is 9.98. The minimum absolute atomic E-state index is 0.0538. The molecule has 0 aromatic heterocycles. The summed E-state index contributed by atoms with van der Waals surface area (Å²) in [6.07, 6.45) is 2.33. The quantitative estimate of drug-likeness (QED) is 0.552. The molecule has 0 aliphatic heterocycles. The number of hydrogen-bond donors (Lipinski definition) is 3. The van der Waals surface area contributed by atoms with Crippen LogP contribution in [0.25, 0.3) is 0 Å². The van der Waals surface area contributed by atoms with E-state index in [4.69, 9.17) is 5.73 Å². The predicted octanol–water partition coefficient (Wildman–Crippen LogP) is 1.89. The highest BCUT2D eigenvalue weighted by Crippen LogP contribution is 2.39. The third-order valence-corrected chi connectivity index (χ3v) is 3.33. The van der Waals surface area contributed by atoms with Crippen LogP contribution in [0.15, 0.2) is 18.2 Å². The third kappa shape index (κ3) is 2.52. The molecule has 4 nitrogen and oxygen atoms in total. The lowest BCUT2D eigenvalue weighted by Crippen LogP contribution is -2.45. The summed E-state index contributed by atoms with van der Waals surface area (Å²) < 4.78 is 0. The van der Waals surface area contributed by atoms with E-state index in [9.17, 15) is 9.90 Å². The lowest BCUT2D eigenvalue weighted by Gasteiger charge is -2.26. The fourth-order valence-electron chi connectivity index (χ4n) is 1.96. The molecule has 1 saturated carbocycles. The molecule has 0 bridgehead atoms.